The van der Waals surface area contributed by atoms with Crippen LogP contribution in [0.3, 0.4) is 0 Å². The van der Waals surface area contributed by atoms with Gasteiger partial charge in [0.2, 0.25) is 0 Å². The van der Waals surface area contributed by atoms with Crippen molar-refractivity contribution in [2.75, 3.05) is 6.54 Å². The van der Waals surface area contributed by atoms with Gasteiger partial charge >= 0.3 is 0 Å². The molecule has 0 radical (unpaired) electrons. The van der Waals surface area contributed by atoms with Crippen LogP contribution in [0.15, 0.2) is 24.3 Å². The second-order valence-corrected chi connectivity index (χ2v) is 3.45. The summed E-state index contributed by atoms with van der Waals surface area (Å²) < 4.78 is 0. The molecule has 0 fully saturated rings. The van der Waals surface area contributed by atoms with E-state index >= 15 is 0 Å². The van der Waals surface area contributed by atoms with E-state index in [1.165, 1.54) is 0 Å². The number of aliphatic hydroxyl groups is 2. The van der Waals surface area contributed by atoms with Crippen molar-refractivity contribution in [1.82, 2.24) is 5.32 Å². The van der Waals surface area contributed by atoms with Crippen molar-refractivity contribution < 1.29 is 10.2 Å². The van der Waals surface area contributed by atoms with Gasteiger partial charge in [0, 0.05) is 13.1 Å². The van der Waals surface area contributed by atoms with Gasteiger partial charge in [-0.2, -0.15) is 0 Å². The molecule has 78 valence electrons. The highest BCUT2D eigenvalue weighted by Crippen LogP contribution is 2.03. The van der Waals surface area contributed by atoms with Crippen molar-refractivity contribution in [2.45, 2.75) is 26.2 Å². The first-order valence-electron chi connectivity index (χ1n) is 4.80. The van der Waals surface area contributed by atoms with Crippen LogP contribution >= 0.6 is 0 Å². The Morgan fingerprint density at radius 2 is 1.79 bits per heavy atom. The highest BCUT2D eigenvalue weighted by molar-refractivity contribution is 5.21. The highest BCUT2D eigenvalue weighted by Gasteiger charge is 1.96. The summed E-state index contributed by atoms with van der Waals surface area (Å²) in [5.74, 6) is 0. The molecule has 0 spiro atoms. The molecule has 3 N–H and O–H groups in total. The molecule has 0 heterocycles. The van der Waals surface area contributed by atoms with Gasteiger partial charge in [0.1, 0.15) is 0 Å². The molecule has 14 heavy (non-hydrogen) atoms. The average molecular weight is 195 g/mol. The minimum Gasteiger partial charge on any atom is -0.392 e. The third-order valence-corrected chi connectivity index (χ3v) is 1.97. The lowest BCUT2D eigenvalue weighted by Crippen LogP contribution is -2.23. The predicted molar refractivity (Wildman–Crippen MR) is 55.8 cm³/mol. The maximum Gasteiger partial charge on any atom is 0.0681 e. The Labute approximate surface area is 84.4 Å². The van der Waals surface area contributed by atoms with Crippen LogP contribution in [0.4, 0.5) is 0 Å². The lowest BCUT2D eigenvalue weighted by atomic mass is 10.1. The summed E-state index contributed by atoms with van der Waals surface area (Å²) in [6, 6.07) is 7.75. The molecule has 0 aliphatic heterocycles. The molecule has 3 heteroatoms. The Morgan fingerprint density at radius 3 is 2.29 bits per heavy atom. The van der Waals surface area contributed by atoms with Gasteiger partial charge in [-0.05, 0) is 18.1 Å². The molecule has 0 saturated carbocycles. The monoisotopic (exact) mass is 195 g/mol. The van der Waals surface area contributed by atoms with Gasteiger partial charge in [-0.25, -0.2) is 0 Å². The van der Waals surface area contributed by atoms with Crippen LogP contribution in [0.2, 0.25) is 0 Å². The average Bonchev–Trinajstić information content (AvgIpc) is 2.18. The van der Waals surface area contributed by atoms with Crippen LogP contribution in [-0.2, 0) is 13.2 Å². The quantitative estimate of drug-likeness (QED) is 0.646. The van der Waals surface area contributed by atoms with Gasteiger partial charge in [-0.3, -0.25) is 0 Å². The Bertz CT molecular complexity index is 256. The van der Waals surface area contributed by atoms with Crippen molar-refractivity contribution in [3.8, 4) is 0 Å². The smallest absolute Gasteiger partial charge is 0.0681 e. The van der Waals surface area contributed by atoms with Gasteiger partial charge in [0.25, 0.3) is 0 Å². The zero-order valence-electron chi connectivity index (χ0n) is 8.40. The normalized spacial score (nSPS) is 12.8. The minimum absolute atomic E-state index is 0.0847. The van der Waals surface area contributed by atoms with E-state index in [1.54, 1.807) is 6.92 Å². The van der Waals surface area contributed by atoms with Gasteiger partial charge in [-0.1, -0.05) is 24.3 Å². The first kappa shape index (κ1) is 11.2. The predicted octanol–water partition coefficient (Wildman–Crippen LogP) is 0.649. The molecule has 1 aromatic carbocycles. The zero-order valence-corrected chi connectivity index (χ0v) is 8.40. The van der Waals surface area contributed by atoms with Gasteiger partial charge in [-0.15, -0.1) is 0 Å². The van der Waals surface area contributed by atoms with Gasteiger partial charge in [0.05, 0.1) is 12.7 Å². The molecule has 0 aliphatic carbocycles. The molecule has 0 aromatic heterocycles. The first-order valence-corrected chi connectivity index (χ1v) is 4.80. The van der Waals surface area contributed by atoms with E-state index in [9.17, 15) is 0 Å². The van der Waals surface area contributed by atoms with Crippen molar-refractivity contribution in [1.29, 1.82) is 0 Å². The van der Waals surface area contributed by atoms with E-state index in [0.717, 1.165) is 17.7 Å². The summed E-state index contributed by atoms with van der Waals surface area (Å²) >= 11 is 0. The van der Waals surface area contributed by atoms with Crippen LogP contribution in [0.25, 0.3) is 0 Å². The molecule has 0 bridgehead atoms. The SMILES string of the molecule is C[C@H](O)CNCc1ccc(CO)cc1. The van der Waals surface area contributed by atoms with Crippen molar-refractivity contribution in [3.05, 3.63) is 35.4 Å². The third kappa shape index (κ3) is 3.87. The lowest BCUT2D eigenvalue weighted by Gasteiger charge is -2.07. The van der Waals surface area contributed by atoms with Crippen LogP contribution in [0, 0.1) is 0 Å². The Hall–Kier alpha value is -0.900. The molecule has 0 saturated heterocycles. The Morgan fingerprint density at radius 1 is 1.21 bits per heavy atom. The summed E-state index contributed by atoms with van der Waals surface area (Å²) in [5, 5.41) is 21.0. The molecule has 1 aromatic rings. The summed E-state index contributed by atoms with van der Waals surface area (Å²) in [6.45, 7) is 3.18. The number of hydrogen-bond acceptors (Lipinski definition) is 3. The highest BCUT2D eigenvalue weighted by atomic mass is 16.3. The largest absolute Gasteiger partial charge is 0.392 e. The molecule has 1 atom stereocenters. The second-order valence-electron chi connectivity index (χ2n) is 3.45. The fourth-order valence-corrected chi connectivity index (χ4v) is 1.19. The third-order valence-electron chi connectivity index (χ3n) is 1.97. The standard InChI is InChI=1S/C11H17NO2/c1-9(14)6-12-7-10-2-4-11(8-13)5-3-10/h2-5,9,12-14H,6-8H2,1H3/t9-/m0/s1. The summed E-state index contributed by atoms with van der Waals surface area (Å²) in [4.78, 5) is 0. The van der Waals surface area contributed by atoms with Crippen LogP contribution in [0.1, 0.15) is 18.1 Å². The molecule has 0 amide bonds. The van der Waals surface area contributed by atoms with Crippen molar-refractivity contribution >= 4 is 0 Å². The lowest BCUT2D eigenvalue weighted by molar-refractivity contribution is 0.191. The van der Waals surface area contributed by atoms with E-state index in [1.807, 2.05) is 24.3 Å². The Kier molecular flexibility index (Phi) is 4.59. The van der Waals surface area contributed by atoms with Crippen LogP contribution in [0.5, 0.6) is 0 Å². The summed E-state index contributed by atoms with van der Waals surface area (Å²) in [5.41, 5.74) is 2.08. The number of rotatable bonds is 5. The minimum atomic E-state index is -0.313. The Balaban J connectivity index is 2.36. The molecular formula is C11H17NO2. The number of benzene rings is 1. The van der Waals surface area contributed by atoms with Gasteiger partial charge < -0.3 is 15.5 Å². The fourth-order valence-electron chi connectivity index (χ4n) is 1.19. The number of aliphatic hydroxyl groups excluding tert-OH is 2. The second kappa shape index (κ2) is 5.75. The van der Waals surface area contributed by atoms with E-state index in [-0.39, 0.29) is 12.7 Å². The van der Waals surface area contributed by atoms with Crippen molar-refractivity contribution in [3.63, 3.8) is 0 Å². The first-order chi connectivity index (χ1) is 6.72. The molecule has 1 rings (SSSR count). The molecule has 0 aliphatic rings. The summed E-state index contributed by atoms with van der Waals surface area (Å²) in [6.07, 6.45) is -0.313. The van der Waals surface area contributed by atoms with E-state index in [4.69, 9.17) is 10.2 Å². The van der Waals surface area contributed by atoms with Crippen LogP contribution in [-0.4, -0.2) is 22.9 Å². The zero-order chi connectivity index (χ0) is 10.4. The maximum absolute atomic E-state index is 9.02. The maximum atomic E-state index is 9.02. The van der Waals surface area contributed by atoms with Crippen LogP contribution < -0.4 is 5.32 Å². The topological polar surface area (TPSA) is 52.5 Å². The van der Waals surface area contributed by atoms with E-state index in [0.29, 0.717) is 6.54 Å². The van der Waals surface area contributed by atoms with Gasteiger partial charge in [0.15, 0.2) is 0 Å². The molecule has 0 unspecified atom stereocenters. The van der Waals surface area contributed by atoms with E-state index < -0.39 is 0 Å². The summed E-state index contributed by atoms with van der Waals surface area (Å²) in [7, 11) is 0. The molecular weight excluding hydrogens is 178 g/mol. The fraction of sp³-hybridized carbons (Fsp3) is 0.455. The van der Waals surface area contributed by atoms with E-state index in [2.05, 4.69) is 5.32 Å². The van der Waals surface area contributed by atoms with Crippen molar-refractivity contribution in [2.24, 2.45) is 0 Å². The molecule has 3 nitrogen and oxygen atoms in total. The number of nitrogens with one attached hydrogen (secondary N) is 1. The number of hydrogen-bond donors (Lipinski definition) is 3.